The van der Waals surface area contributed by atoms with E-state index in [9.17, 15) is 8.42 Å². The molecule has 2 aromatic rings. The van der Waals surface area contributed by atoms with Gasteiger partial charge in [-0.05, 0) is 34.1 Å². The van der Waals surface area contributed by atoms with Crippen LogP contribution in [0.15, 0.2) is 40.0 Å². The van der Waals surface area contributed by atoms with Crippen molar-refractivity contribution in [3.8, 4) is 5.75 Å². The van der Waals surface area contributed by atoms with Gasteiger partial charge in [0.1, 0.15) is 11.6 Å². The van der Waals surface area contributed by atoms with E-state index in [0.717, 1.165) is 5.82 Å². The Kier molecular flexibility index (Phi) is 4.79. The topological polar surface area (TPSA) is 84.1 Å². The van der Waals surface area contributed by atoms with Gasteiger partial charge in [0, 0.05) is 25.4 Å². The molecule has 0 aliphatic carbocycles. The minimum absolute atomic E-state index is 0.185. The average molecular weight is 360 g/mol. The van der Waals surface area contributed by atoms with Crippen LogP contribution >= 0.6 is 15.9 Å². The van der Waals surface area contributed by atoms with Gasteiger partial charge in [-0.2, -0.15) is 0 Å². The van der Waals surface area contributed by atoms with Gasteiger partial charge in [0.25, 0.3) is 0 Å². The van der Waals surface area contributed by atoms with Crippen molar-refractivity contribution < 1.29 is 13.2 Å². The molecule has 2 rings (SSSR count). The molecule has 0 saturated carbocycles. The number of nitrogens with one attached hydrogen (secondary N) is 2. The maximum Gasteiger partial charge on any atom is 0.240 e. The molecule has 1 aromatic carbocycles. The minimum atomic E-state index is -3.54. The number of rotatable bonds is 6. The Hall–Kier alpha value is -1.38. The third kappa shape index (κ3) is 3.59. The summed E-state index contributed by atoms with van der Waals surface area (Å²) >= 11 is 3.27. The summed E-state index contributed by atoms with van der Waals surface area (Å²) in [6.07, 6.45) is 3.83. The number of benzene rings is 1. The van der Waals surface area contributed by atoms with Crippen LogP contribution in [0.1, 0.15) is 5.82 Å². The number of hydrogen-bond donors (Lipinski definition) is 2. The van der Waals surface area contributed by atoms with Crippen LogP contribution in [0.3, 0.4) is 0 Å². The van der Waals surface area contributed by atoms with E-state index < -0.39 is 10.0 Å². The Morgan fingerprint density at radius 2 is 2.25 bits per heavy atom. The lowest BCUT2D eigenvalue weighted by Crippen LogP contribution is -2.26. The Morgan fingerprint density at radius 3 is 2.85 bits per heavy atom. The van der Waals surface area contributed by atoms with Crippen molar-refractivity contribution in [1.82, 2.24) is 14.7 Å². The van der Waals surface area contributed by atoms with E-state index >= 15 is 0 Å². The number of sulfonamides is 1. The number of aromatic nitrogens is 2. The lowest BCUT2D eigenvalue weighted by Gasteiger charge is -2.08. The first kappa shape index (κ1) is 15.0. The first-order chi connectivity index (χ1) is 9.53. The number of aromatic amines is 1. The molecule has 1 heterocycles. The van der Waals surface area contributed by atoms with Crippen LogP contribution in [0, 0.1) is 0 Å². The van der Waals surface area contributed by atoms with Crippen molar-refractivity contribution >= 4 is 26.0 Å². The highest BCUT2D eigenvalue weighted by atomic mass is 79.9. The fourth-order valence-electron chi connectivity index (χ4n) is 1.64. The monoisotopic (exact) mass is 359 g/mol. The lowest BCUT2D eigenvalue weighted by atomic mass is 10.3. The Bertz CT molecular complexity index is 671. The average Bonchev–Trinajstić information content (AvgIpc) is 2.91. The molecule has 0 aliphatic rings. The molecule has 0 bridgehead atoms. The summed E-state index contributed by atoms with van der Waals surface area (Å²) < 4.78 is 32.4. The third-order valence-electron chi connectivity index (χ3n) is 2.64. The van der Waals surface area contributed by atoms with Crippen LogP contribution in [-0.2, 0) is 16.4 Å². The molecular formula is C12H14BrN3O3S. The highest BCUT2D eigenvalue weighted by molar-refractivity contribution is 9.10. The van der Waals surface area contributed by atoms with Crippen LogP contribution in [0.2, 0.25) is 0 Å². The number of ether oxygens (including phenoxy) is 1. The largest absolute Gasteiger partial charge is 0.496 e. The molecule has 20 heavy (non-hydrogen) atoms. The standard InChI is InChI=1S/C12H14BrN3O3S/c1-19-11-3-2-9(8-10(11)13)20(17,18)16-5-4-12-14-6-7-15-12/h2-3,6-8,16H,4-5H2,1H3,(H,14,15). The molecule has 0 fully saturated rings. The molecule has 2 N–H and O–H groups in total. The SMILES string of the molecule is COc1ccc(S(=O)(=O)NCCc2ncc[nH]2)cc1Br. The van der Waals surface area contributed by atoms with Crippen molar-refractivity contribution in [2.45, 2.75) is 11.3 Å². The third-order valence-corrected chi connectivity index (χ3v) is 4.72. The highest BCUT2D eigenvalue weighted by Gasteiger charge is 2.15. The molecule has 6 nitrogen and oxygen atoms in total. The molecule has 0 saturated heterocycles. The van der Waals surface area contributed by atoms with Crippen molar-refractivity contribution in [2.24, 2.45) is 0 Å². The van der Waals surface area contributed by atoms with Gasteiger partial charge in [0.2, 0.25) is 10.0 Å². The van der Waals surface area contributed by atoms with Crippen molar-refractivity contribution in [3.63, 3.8) is 0 Å². The van der Waals surface area contributed by atoms with Gasteiger partial charge in [-0.1, -0.05) is 0 Å². The van der Waals surface area contributed by atoms with E-state index in [-0.39, 0.29) is 11.4 Å². The maximum atomic E-state index is 12.1. The molecule has 108 valence electrons. The summed E-state index contributed by atoms with van der Waals surface area (Å²) in [7, 11) is -2.01. The summed E-state index contributed by atoms with van der Waals surface area (Å²) in [4.78, 5) is 7.13. The summed E-state index contributed by atoms with van der Waals surface area (Å²) in [5, 5.41) is 0. The fraction of sp³-hybridized carbons (Fsp3) is 0.250. The van der Waals surface area contributed by atoms with Gasteiger partial charge in [-0.15, -0.1) is 0 Å². The highest BCUT2D eigenvalue weighted by Crippen LogP contribution is 2.27. The van der Waals surface area contributed by atoms with E-state index in [1.165, 1.54) is 19.2 Å². The lowest BCUT2D eigenvalue weighted by molar-refractivity contribution is 0.411. The van der Waals surface area contributed by atoms with Crippen LogP contribution in [-0.4, -0.2) is 32.0 Å². The summed E-state index contributed by atoms with van der Waals surface area (Å²) in [6, 6.07) is 4.61. The predicted molar refractivity (Wildman–Crippen MR) is 78.2 cm³/mol. The normalized spacial score (nSPS) is 11.5. The van der Waals surface area contributed by atoms with Gasteiger partial charge in [-0.3, -0.25) is 0 Å². The first-order valence-electron chi connectivity index (χ1n) is 5.84. The Labute approximate surface area is 125 Å². The molecule has 0 aliphatic heterocycles. The number of imidazole rings is 1. The quantitative estimate of drug-likeness (QED) is 0.821. The van der Waals surface area contributed by atoms with E-state index in [0.29, 0.717) is 16.6 Å². The number of nitrogens with zero attached hydrogens (tertiary/aromatic N) is 1. The van der Waals surface area contributed by atoms with Crippen molar-refractivity contribution in [2.75, 3.05) is 13.7 Å². The van der Waals surface area contributed by atoms with Crippen molar-refractivity contribution in [1.29, 1.82) is 0 Å². The fourth-order valence-corrected chi connectivity index (χ4v) is 3.39. The van der Waals surface area contributed by atoms with Gasteiger partial charge in [-0.25, -0.2) is 18.1 Å². The summed E-state index contributed by atoms with van der Waals surface area (Å²) in [5.74, 6) is 1.32. The zero-order valence-corrected chi connectivity index (χ0v) is 13.2. The van der Waals surface area contributed by atoms with E-state index in [1.807, 2.05) is 0 Å². The van der Waals surface area contributed by atoms with Crippen LogP contribution in [0.4, 0.5) is 0 Å². The second kappa shape index (κ2) is 6.38. The van der Waals surface area contributed by atoms with E-state index in [4.69, 9.17) is 4.74 Å². The van der Waals surface area contributed by atoms with Gasteiger partial charge in [0.05, 0.1) is 16.5 Å². The molecular weight excluding hydrogens is 346 g/mol. The second-order valence-electron chi connectivity index (χ2n) is 3.98. The molecule has 0 atom stereocenters. The molecule has 1 aromatic heterocycles. The zero-order chi connectivity index (χ0) is 14.6. The smallest absolute Gasteiger partial charge is 0.240 e. The van der Waals surface area contributed by atoms with Gasteiger partial charge in [0.15, 0.2) is 0 Å². The number of methoxy groups -OCH3 is 1. The Morgan fingerprint density at radius 1 is 1.45 bits per heavy atom. The number of halogens is 1. The zero-order valence-electron chi connectivity index (χ0n) is 10.8. The molecule has 0 radical (unpaired) electrons. The van der Waals surface area contributed by atoms with Crippen molar-refractivity contribution in [3.05, 3.63) is 40.9 Å². The van der Waals surface area contributed by atoms with Crippen LogP contribution in [0.25, 0.3) is 0 Å². The summed E-state index contributed by atoms with van der Waals surface area (Å²) in [6.45, 7) is 0.277. The predicted octanol–water partition coefficient (Wildman–Crippen LogP) is 1.70. The maximum absolute atomic E-state index is 12.1. The number of hydrogen-bond acceptors (Lipinski definition) is 4. The second-order valence-corrected chi connectivity index (χ2v) is 6.60. The minimum Gasteiger partial charge on any atom is -0.496 e. The van der Waals surface area contributed by atoms with E-state index in [2.05, 4.69) is 30.6 Å². The number of H-pyrrole nitrogens is 1. The molecule has 8 heteroatoms. The summed E-state index contributed by atoms with van der Waals surface area (Å²) in [5.41, 5.74) is 0. The Balaban J connectivity index is 2.04. The first-order valence-corrected chi connectivity index (χ1v) is 8.12. The van der Waals surface area contributed by atoms with Crippen LogP contribution < -0.4 is 9.46 Å². The van der Waals surface area contributed by atoms with Gasteiger partial charge < -0.3 is 9.72 Å². The molecule has 0 amide bonds. The van der Waals surface area contributed by atoms with Gasteiger partial charge >= 0.3 is 0 Å². The molecule has 0 spiro atoms. The van der Waals surface area contributed by atoms with Crippen LogP contribution in [0.5, 0.6) is 5.75 Å². The van der Waals surface area contributed by atoms with E-state index in [1.54, 1.807) is 18.5 Å². The molecule has 0 unspecified atom stereocenters.